The van der Waals surface area contributed by atoms with Gasteiger partial charge in [0.05, 0.1) is 16.6 Å². The molecule has 4 rings (SSSR count). The number of carbonyl (C=O) groups is 1. The van der Waals surface area contributed by atoms with Gasteiger partial charge in [-0.1, -0.05) is 24.3 Å². The van der Waals surface area contributed by atoms with Crippen molar-refractivity contribution in [1.29, 1.82) is 0 Å². The van der Waals surface area contributed by atoms with Gasteiger partial charge in [-0.2, -0.15) is 13.2 Å². The van der Waals surface area contributed by atoms with Gasteiger partial charge < -0.3 is 15.6 Å². The summed E-state index contributed by atoms with van der Waals surface area (Å²) in [5.41, 5.74) is 1.62. The minimum absolute atomic E-state index is 0.0971. The molecule has 0 saturated heterocycles. The van der Waals surface area contributed by atoms with E-state index in [9.17, 15) is 18.0 Å². The molecule has 0 radical (unpaired) electrons. The van der Waals surface area contributed by atoms with Crippen molar-refractivity contribution in [2.24, 2.45) is 5.92 Å². The number of aromatic amines is 1. The first-order valence-corrected chi connectivity index (χ1v) is 10.0. The Hall–Kier alpha value is -3.03. The summed E-state index contributed by atoms with van der Waals surface area (Å²) in [7, 11) is 0. The van der Waals surface area contributed by atoms with Gasteiger partial charge in [-0.05, 0) is 55.5 Å². The van der Waals surface area contributed by atoms with Crippen LogP contribution in [0.1, 0.15) is 36.8 Å². The maximum absolute atomic E-state index is 12.8. The highest BCUT2D eigenvalue weighted by molar-refractivity contribution is 5.79. The van der Waals surface area contributed by atoms with E-state index in [1.165, 1.54) is 6.07 Å². The third kappa shape index (κ3) is 4.75. The van der Waals surface area contributed by atoms with Crippen LogP contribution in [0.3, 0.4) is 0 Å². The summed E-state index contributed by atoms with van der Waals surface area (Å²) < 4.78 is 38.4. The summed E-state index contributed by atoms with van der Waals surface area (Å²) in [6, 6.07) is 13.1. The van der Waals surface area contributed by atoms with Crippen molar-refractivity contribution >= 4 is 22.9 Å². The summed E-state index contributed by atoms with van der Waals surface area (Å²) >= 11 is 0. The topological polar surface area (TPSA) is 69.8 Å². The molecule has 0 aliphatic heterocycles. The third-order valence-corrected chi connectivity index (χ3v) is 5.55. The average Bonchev–Trinajstić information content (AvgIpc) is 3.14. The van der Waals surface area contributed by atoms with Crippen molar-refractivity contribution in [1.82, 2.24) is 15.3 Å². The van der Waals surface area contributed by atoms with Crippen LogP contribution in [0.2, 0.25) is 0 Å². The normalized spacial score (nSPS) is 19.6. The minimum atomic E-state index is -4.38. The fraction of sp³-hybridized carbons (Fsp3) is 0.364. The molecule has 0 atom stereocenters. The number of anilines is 1. The molecule has 158 valence electrons. The van der Waals surface area contributed by atoms with Crippen LogP contribution >= 0.6 is 0 Å². The number of fused-ring (bicyclic) bond motifs is 1. The van der Waals surface area contributed by atoms with Gasteiger partial charge in [0.15, 0.2) is 0 Å². The molecule has 0 spiro atoms. The number of carbonyl (C=O) groups excluding carboxylic acids is 1. The number of hydrogen-bond donors (Lipinski definition) is 3. The van der Waals surface area contributed by atoms with Gasteiger partial charge in [0.25, 0.3) is 0 Å². The number of imidazole rings is 1. The van der Waals surface area contributed by atoms with E-state index in [0.717, 1.165) is 54.8 Å². The van der Waals surface area contributed by atoms with E-state index in [2.05, 4.69) is 20.6 Å². The highest BCUT2D eigenvalue weighted by Gasteiger charge is 2.30. The van der Waals surface area contributed by atoms with E-state index >= 15 is 0 Å². The maximum Gasteiger partial charge on any atom is 0.416 e. The third-order valence-electron chi connectivity index (χ3n) is 5.55. The Labute approximate surface area is 172 Å². The van der Waals surface area contributed by atoms with Crippen LogP contribution in [0.15, 0.2) is 48.5 Å². The number of nitrogens with zero attached hydrogens (tertiary/aromatic N) is 1. The molecule has 2 aromatic carbocycles. The molecule has 1 aliphatic rings. The number of aromatic nitrogens is 2. The lowest BCUT2D eigenvalue weighted by molar-refractivity contribution is -0.137. The molecule has 1 amide bonds. The van der Waals surface area contributed by atoms with Gasteiger partial charge in [0, 0.05) is 18.5 Å². The largest absolute Gasteiger partial charge is 0.416 e. The first-order valence-electron chi connectivity index (χ1n) is 10.0. The standard InChI is InChI=1S/C22H23F3N4O/c23-22(24,25)16-5-3-4-14(12-16)13-26-20(30)15-8-10-17(11-9-15)27-21-28-18-6-1-2-7-19(18)29-21/h1-7,12,15,17H,8-11,13H2,(H,26,30)(H2,27,28,29). The molecule has 3 aromatic rings. The van der Waals surface area contributed by atoms with Gasteiger partial charge >= 0.3 is 6.18 Å². The maximum atomic E-state index is 12.8. The number of benzene rings is 2. The number of amides is 1. The van der Waals surface area contributed by atoms with Crippen molar-refractivity contribution in [3.05, 3.63) is 59.7 Å². The molecular formula is C22H23F3N4O. The molecule has 1 heterocycles. The number of H-pyrrole nitrogens is 1. The summed E-state index contributed by atoms with van der Waals surface area (Å²) in [6.07, 6.45) is -1.26. The molecule has 1 aliphatic carbocycles. The molecule has 3 N–H and O–H groups in total. The van der Waals surface area contributed by atoms with Crippen molar-refractivity contribution in [3.63, 3.8) is 0 Å². The summed E-state index contributed by atoms with van der Waals surface area (Å²) in [5.74, 6) is 0.507. The van der Waals surface area contributed by atoms with Crippen LogP contribution in [0.4, 0.5) is 19.1 Å². The van der Waals surface area contributed by atoms with Crippen LogP contribution < -0.4 is 10.6 Å². The van der Waals surface area contributed by atoms with Crippen LogP contribution in [0.5, 0.6) is 0 Å². The second-order valence-corrected chi connectivity index (χ2v) is 7.71. The predicted octanol–water partition coefficient (Wildman–Crippen LogP) is 4.87. The van der Waals surface area contributed by atoms with E-state index in [-0.39, 0.29) is 24.4 Å². The van der Waals surface area contributed by atoms with Gasteiger partial charge in [0.2, 0.25) is 11.9 Å². The monoisotopic (exact) mass is 416 g/mol. The second-order valence-electron chi connectivity index (χ2n) is 7.71. The molecule has 1 saturated carbocycles. The number of alkyl halides is 3. The Kier molecular flexibility index (Phi) is 5.65. The summed E-state index contributed by atoms with van der Waals surface area (Å²) in [6.45, 7) is 0.0971. The van der Waals surface area contributed by atoms with Crippen LogP contribution in [-0.2, 0) is 17.5 Å². The second kappa shape index (κ2) is 8.38. The fourth-order valence-corrected chi connectivity index (χ4v) is 3.91. The predicted molar refractivity (Wildman–Crippen MR) is 109 cm³/mol. The molecule has 5 nitrogen and oxygen atoms in total. The highest BCUT2D eigenvalue weighted by Crippen LogP contribution is 2.30. The molecule has 1 fully saturated rings. The first-order chi connectivity index (χ1) is 14.4. The summed E-state index contributed by atoms with van der Waals surface area (Å²) in [4.78, 5) is 20.2. The quantitative estimate of drug-likeness (QED) is 0.556. The number of para-hydroxylation sites is 2. The van der Waals surface area contributed by atoms with Crippen molar-refractivity contribution in [2.45, 2.75) is 44.4 Å². The molecular weight excluding hydrogens is 393 g/mol. The Morgan fingerprint density at radius 2 is 1.83 bits per heavy atom. The van der Waals surface area contributed by atoms with Crippen LogP contribution in [0, 0.1) is 5.92 Å². The van der Waals surface area contributed by atoms with Gasteiger partial charge in [-0.25, -0.2) is 4.98 Å². The van der Waals surface area contributed by atoms with E-state index < -0.39 is 11.7 Å². The van der Waals surface area contributed by atoms with E-state index in [1.54, 1.807) is 6.07 Å². The first kappa shape index (κ1) is 20.3. The Morgan fingerprint density at radius 1 is 1.07 bits per heavy atom. The van der Waals surface area contributed by atoms with Gasteiger partial charge in [0.1, 0.15) is 0 Å². The zero-order chi connectivity index (χ0) is 21.1. The van der Waals surface area contributed by atoms with Crippen molar-refractivity contribution in [3.8, 4) is 0 Å². The number of nitrogens with one attached hydrogen (secondary N) is 3. The Bertz CT molecular complexity index is 989. The number of hydrogen-bond acceptors (Lipinski definition) is 3. The smallest absolute Gasteiger partial charge is 0.353 e. The highest BCUT2D eigenvalue weighted by atomic mass is 19.4. The van der Waals surface area contributed by atoms with E-state index in [1.807, 2.05) is 24.3 Å². The molecule has 1 aromatic heterocycles. The SMILES string of the molecule is O=C(NCc1cccc(C(F)(F)F)c1)C1CCC(Nc2nc3ccccc3[nH]2)CC1. The molecule has 8 heteroatoms. The molecule has 30 heavy (non-hydrogen) atoms. The van der Waals surface area contributed by atoms with Crippen LogP contribution in [-0.4, -0.2) is 21.9 Å². The lowest BCUT2D eigenvalue weighted by Crippen LogP contribution is -2.35. The van der Waals surface area contributed by atoms with Gasteiger partial charge in [-0.3, -0.25) is 4.79 Å². The van der Waals surface area contributed by atoms with Gasteiger partial charge in [-0.15, -0.1) is 0 Å². The molecule has 0 unspecified atom stereocenters. The Morgan fingerprint density at radius 3 is 2.57 bits per heavy atom. The van der Waals surface area contributed by atoms with Crippen molar-refractivity contribution < 1.29 is 18.0 Å². The lowest BCUT2D eigenvalue weighted by atomic mass is 9.85. The minimum Gasteiger partial charge on any atom is -0.353 e. The average molecular weight is 416 g/mol. The van der Waals surface area contributed by atoms with E-state index in [4.69, 9.17) is 0 Å². The number of rotatable bonds is 5. The molecule has 0 bridgehead atoms. The zero-order valence-corrected chi connectivity index (χ0v) is 16.3. The van der Waals surface area contributed by atoms with Crippen LogP contribution in [0.25, 0.3) is 11.0 Å². The fourth-order valence-electron chi connectivity index (χ4n) is 3.91. The lowest BCUT2D eigenvalue weighted by Gasteiger charge is -2.28. The van der Waals surface area contributed by atoms with Crippen molar-refractivity contribution in [2.75, 3.05) is 5.32 Å². The summed E-state index contributed by atoms with van der Waals surface area (Å²) in [5, 5.41) is 6.19. The zero-order valence-electron chi connectivity index (χ0n) is 16.3. The van der Waals surface area contributed by atoms with E-state index in [0.29, 0.717) is 5.56 Å². The number of halogens is 3. The Balaban J connectivity index is 1.26.